The van der Waals surface area contributed by atoms with Gasteiger partial charge < -0.3 is 10.6 Å². The number of hydrogen-bond donors (Lipinski definition) is 1. The number of nitrogens with two attached hydrogens (primary N) is 1. The molecule has 3 heteroatoms. The van der Waals surface area contributed by atoms with E-state index in [1.165, 1.54) is 0 Å². The predicted molar refractivity (Wildman–Crippen MR) is 49.5 cm³/mol. The minimum atomic E-state index is 0.849. The number of ether oxygens (including phenoxy) is 1. The molecule has 0 radical (unpaired) electrons. The zero-order chi connectivity index (χ0) is 8.97. The summed E-state index contributed by atoms with van der Waals surface area (Å²) in [5.41, 5.74) is 2.11. The normalized spacial score (nSPS) is 10.5. The lowest BCUT2D eigenvalue weighted by Crippen LogP contribution is -1.91. The molecule has 0 unspecified atom stereocenters. The van der Waals surface area contributed by atoms with Crippen LogP contribution in [0.5, 0.6) is 5.75 Å². The van der Waals surface area contributed by atoms with Crippen LogP contribution >= 0.6 is 0 Å². The Kier molecular flexibility index (Phi) is 2.69. The summed E-state index contributed by atoms with van der Waals surface area (Å²) in [6, 6.07) is 5.74. The van der Waals surface area contributed by atoms with Gasteiger partial charge in [-0.1, -0.05) is 0 Å². The minimum absolute atomic E-state index is 0.849. The molecule has 0 saturated carbocycles. The third-order valence-corrected chi connectivity index (χ3v) is 1.69. The summed E-state index contributed by atoms with van der Waals surface area (Å²) >= 11 is 0. The molecule has 64 valence electrons. The standard InChI is InChI=1S/C9H12N2O/c1-7-5-9(12-2)4-3-8(7)6-11-10/h3-6H,10H2,1-2H3. The van der Waals surface area contributed by atoms with E-state index in [0.29, 0.717) is 0 Å². The van der Waals surface area contributed by atoms with E-state index in [0.717, 1.165) is 16.9 Å². The summed E-state index contributed by atoms with van der Waals surface area (Å²) in [5, 5.41) is 3.46. The first-order valence-electron chi connectivity index (χ1n) is 3.66. The molecule has 0 aliphatic rings. The Hall–Kier alpha value is -1.51. The highest BCUT2D eigenvalue weighted by atomic mass is 16.5. The number of rotatable bonds is 2. The molecule has 0 spiro atoms. The lowest BCUT2D eigenvalue weighted by molar-refractivity contribution is 0.414. The van der Waals surface area contributed by atoms with Gasteiger partial charge in [-0.3, -0.25) is 0 Å². The quantitative estimate of drug-likeness (QED) is 0.407. The van der Waals surface area contributed by atoms with E-state index in [1.807, 2.05) is 25.1 Å². The number of hydrazone groups is 1. The smallest absolute Gasteiger partial charge is 0.119 e. The molecule has 0 atom stereocenters. The molecule has 0 aliphatic carbocycles. The second-order valence-corrected chi connectivity index (χ2v) is 2.50. The van der Waals surface area contributed by atoms with Crippen molar-refractivity contribution < 1.29 is 4.74 Å². The topological polar surface area (TPSA) is 47.6 Å². The van der Waals surface area contributed by atoms with Gasteiger partial charge in [-0.05, 0) is 36.2 Å². The highest BCUT2D eigenvalue weighted by Crippen LogP contribution is 2.14. The maximum absolute atomic E-state index is 5.05. The summed E-state index contributed by atoms with van der Waals surface area (Å²) in [6.45, 7) is 1.99. The molecule has 0 heterocycles. The van der Waals surface area contributed by atoms with E-state index in [4.69, 9.17) is 10.6 Å². The van der Waals surface area contributed by atoms with E-state index in [9.17, 15) is 0 Å². The zero-order valence-corrected chi connectivity index (χ0v) is 7.24. The van der Waals surface area contributed by atoms with Crippen molar-refractivity contribution in [1.29, 1.82) is 0 Å². The van der Waals surface area contributed by atoms with Crippen LogP contribution < -0.4 is 10.6 Å². The van der Waals surface area contributed by atoms with Gasteiger partial charge in [0, 0.05) is 0 Å². The summed E-state index contributed by atoms with van der Waals surface area (Å²) < 4.78 is 5.05. The largest absolute Gasteiger partial charge is 0.497 e. The second-order valence-electron chi connectivity index (χ2n) is 2.50. The first-order chi connectivity index (χ1) is 5.77. The van der Waals surface area contributed by atoms with Crippen molar-refractivity contribution in [2.45, 2.75) is 6.92 Å². The van der Waals surface area contributed by atoms with Crippen LogP contribution in [0.2, 0.25) is 0 Å². The van der Waals surface area contributed by atoms with Gasteiger partial charge in [-0.2, -0.15) is 5.10 Å². The van der Waals surface area contributed by atoms with Gasteiger partial charge in [0.25, 0.3) is 0 Å². The van der Waals surface area contributed by atoms with E-state index in [2.05, 4.69) is 5.10 Å². The monoisotopic (exact) mass is 164 g/mol. The highest BCUT2D eigenvalue weighted by molar-refractivity contribution is 5.81. The zero-order valence-electron chi connectivity index (χ0n) is 7.24. The Morgan fingerprint density at radius 2 is 2.25 bits per heavy atom. The van der Waals surface area contributed by atoms with E-state index in [1.54, 1.807) is 13.3 Å². The number of aryl methyl sites for hydroxylation is 1. The van der Waals surface area contributed by atoms with Gasteiger partial charge in [-0.15, -0.1) is 0 Å². The SMILES string of the molecule is COc1ccc(C=NN)c(C)c1. The molecule has 0 aromatic heterocycles. The van der Waals surface area contributed by atoms with Gasteiger partial charge in [-0.25, -0.2) is 0 Å². The fourth-order valence-corrected chi connectivity index (χ4v) is 1.00. The Bertz CT molecular complexity index is 295. The molecule has 1 aromatic rings. The maximum atomic E-state index is 5.05. The third kappa shape index (κ3) is 1.75. The summed E-state index contributed by atoms with van der Waals surface area (Å²) in [7, 11) is 1.64. The molecule has 1 rings (SSSR count). The molecular weight excluding hydrogens is 152 g/mol. The molecule has 3 nitrogen and oxygen atoms in total. The van der Waals surface area contributed by atoms with Crippen LogP contribution in [0, 0.1) is 6.92 Å². The Balaban J connectivity index is 3.03. The molecule has 2 N–H and O–H groups in total. The van der Waals surface area contributed by atoms with Gasteiger partial charge >= 0.3 is 0 Å². The molecular formula is C9H12N2O. The predicted octanol–water partition coefficient (Wildman–Crippen LogP) is 1.30. The van der Waals surface area contributed by atoms with Crippen molar-refractivity contribution in [3.63, 3.8) is 0 Å². The third-order valence-electron chi connectivity index (χ3n) is 1.69. The number of methoxy groups -OCH3 is 1. The fraction of sp³-hybridized carbons (Fsp3) is 0.222. The average molecular weight is 164 g/mol. The van der Waals surface area contributed by atoms with Crippen molar-refractivity contribution in [3.05, 3.63) is 29.3 Å². The van der Waals surface area contributed by atoms with Crippen molar-refractivity contribution in [2.24, 2.45) is 10.9 Å². The van der Waals surface area contributed by atoms with Crippen LogP contribution in [-0.4, -0.2) is 13.3 Å². The Labute approximate surface area is 71.8 Å². The molecule has 0 amide bonds. The average Bonchev–Trinajstić information content (AvgIpc) is 2.09. The Morgan fingerprint density at radius 3 is 2.75 bits per heavy atom. The van der Waals surface area contributed by atoms with Crippen LogP contribution in [0.4, 0.5) is 0 Å². The van der Waals surface area contributed by atoms with E-state index in [-0.39, 0.29) is 0 Å². The fourth-order valence-electron chi connectivity index (χ4n) is 1.00. The number of nitrogens with zero attached hydrogens (tertiary/aromatic N) is 1. The van der Waals surface area contributed by atoms with Crippen LogP contribution in [0.3, 0.4) is 0 Å². The number of benzene rings is 1. The molecule has 0 bridgehead atoms. The summed E-state index contributed by atoms with van der Waals surface area (Å²) in [4.78, 5) is 0. The van der Waals surface area contributed by atoms with Crippen molar-refractivity contribution in [3.8, 4) is 5.75 Å². The minimum Gasteiger partial charge on any atom is -0.497 e. The molecule has 12 heavy (non-hydrogen) atoms. The lowest BCUT2D eigenvalue weighted by Gasteiger charge is -2.02. The van der Waals surface area contributed by atoms with Gasteiger partial charge in [0.2, 0.25) is 0 Å². The second kappa shape index (κ2) is 3.76. The molecule has 1 aromatic carbocycles. The van der Waals surface area contributed by atoms with Gasteiger partial charge in [0.1, 0.15) is 5.75 Å². The Morgan fingerprint density at radius 1 is 1.50 bits per heavy atom. The van der Waals surface area contributed by atoms with Crippen LogP contribution in [-0.2, 0) is 0 Å². The lowest BCUT2D eigenvalue weighted by atomic mass is 10.1. The molecule has 0 aliphatic heterocycles. The number of hydrogen-bond acceptors (Lipinski definition) is 3. The van der Waals surface area contributed by atoms with Gasteiger partial charge in [0.05, 0.1) is 13.3 Å². The van der Waals surface area contributed by atoms with E-state index >= 15 is 0 Å². The van der Waals surface area contributed by atoms with E-state index < -0.39 is 0 Å². The first-order valence-corrected chi connectivity index (χ1v) is 3.66. The van der Waals surface area contributed by atoms with Crippen LogP contribution in [0.25, 0.3) is 0 Å². The van der Waals surface area contributed by atoms with Crippen molar-refractivity contribution in [2.75, 3.05) is 7.11 Å². The first kappa shape index (κ1) is 8.59. The maximum Gasteiger partial charge on any atom is 0.119 e. The molecule has 0 saturated heterocycles. The summed E-state index contributed by atoms with van der Waals surface area (Å²) in [6.07, 6.45) is 1.62. The van der Waals surface area contributed by atoms with Crippen molar-refractivity contribution >= 4 is 6.21 Å². The molecule has 0 fully saturated rings. The summed E-state index contributed by atoms with van der Waals surface area (Å²) in [5.74, 6) is 5.89. The van der Waals surface area contributed by atoms with Gasteiger partial charge in [0.15, 0.2) is 0 Å². The van der Waals surface area contributed by atoms with Crippen molar-refractivity contribution in [1.82, 2.24) is 0 Å². The van der Waals surface area contributed by atoms with Crippen LogP contribution in [0.1, 0.15) is 11.1 Å². The van der Waals surface area contributed by atoms with Crippen LogP contribution in [0.15, 0.2) is 23.3 Å². The highest BCUT2D eigenvalue weighted by Gasteiger charge is 1.96.